The van der Waals surface area contributed by atoms with E-state index in [4.69, 9.17) is 16.3 Å². The molecule has 2 heterocycles. The first-order valence-electron chi connectivity index (χ1n) is 5.44. The molecule has 0 N–H and O–H groups in total. The molecule has 2 fully saturated rings. The zero-order chi connectivity index (χ0) is 11.1. The van der Waals surface area contributed by atoms with Gasteiger partial charge in [0.05, 0.1) is 6.54 Å². The first-order chi connectivity index (χ1) is 7.74. The molecule has 2 aliphatic rings. The minimum Gasteiger partial charge on any atom is -0.349 e. The van der Waals surface area contributed by atoms with Gasteiger partial charge < -0.3 is 9.64 Å². The van der Waals surface area contributed by atoms with Crippen molar-refractivity contribution in [3.63, 3.8) is 0 Å². The van der Waals surface area contributed by atoms with E-state index in [1.165, 1.54) is 0 Å². The highest BCUT2D eigenvalue weighted by molar-refractivity contribution is 6.30. The number of ether oxygens (including phenoxy) is 1. The molecule has 2 unspecified atom stereocenters. The van der Waals surface area contributed by atoms with Gasteiger partial charge >= 0.3 is 0 Å². The van der Waals surface area contributed by atoms with Gasteiger partial charge in [-0.3, -0.25) is 4.79 Å². The lowest BCUT2D eigenvalue weighted by atomic mass is 10.1. The molecular formula is C12H12ClNO2. The molecule has 0 aliphatic carbocycles. The number of amides is 1. The van der Waals surface area contributed by atoms with Crippen molar-refractivity contribution in [3.05, 3.63) is 34.9 Å². The van der Waals surface area contributed by atoms with Crippen LogP contribution < -0.4 is 0 Å². The van der Waals surface area contributed by atoms with Crippen molar-refractivity contribution < 1.29 is 9.53 Å². The number of fused-ring (bicyclic) bond motifs is 1. The third-order valence-corrected chi connectivity index (χ3v) is 3.45. The number of carbonyl (C=O) groups is 1. The first-order valence-corrected chi connectivity index (χ1v) is 5.82. The van der Waals surface area contributed by atoms with E-state index in [1.807, 2.05) is 29.2 Å². The van der Waals surface area contributed by atoms with Crippen molar-refractivity contribution in [1.82, 2.24) is 4.90 Å². The van der Waals surface area contributed by atoms with Crippen molar-refractivity contribution >= 4 is 17.5 Å². The van der Waals surface area contributed by atoms with E-state index in [9.17, 15) is 4.79 Å². The fourth-order valence-corrected chi connectivity index (χ4v) is 2.47. The van der Waals surface area contributed by atoms with Crippen LogP contribution in [0, 0.1) is 0 Å². The average molecular weight is 238 g/mol. The molecule has 4 heteroatoms. The van der Waals surface area contributed by atoms with E-state index in [2.05, 4.69) is 0 Å². The monoisotopic (exact) mass is 237 g/mol. The van der Waals surface area contributed by atoms with E-state index >= 15 is 0 Å². The summed E-state index contributed by atoms with van der Waals surface area (Å²) in [7, 11) is 0. The third kappa shape index (κ3) is 1.60. The number of nitrogens with zero attached hydrogens (tertiary/aromatic N) is 1. The lowest BCUT2D eigenvalue weighted by molar-refractivity contribution is -0.129. The number of halogens is 1. The maximum absolute atomic E-state index is 11.5. The number of benzene rings is 1. The Morgan fingerprint density at radius 1 is 1.31 bits per heavy atom. The van der Waals surface area contributed by atoms with Crippen LogP contribution in [0.25, 0.3) is 0 Å². The Bertz CT molecular complexity index is 418. The Kier molecular flexibility index (Phi) is 2.37. The quantitative estimate of drug-likeness (QED) is 0.751. The molecule has 1 aromatic rings. The molecule has 0 aromatic heterocycles. The molecule has 1 amide bonds. The maximum atomic E-state index is 11.5. The lowest BCUT2D eigenvalue weighted by Gasteiger charge is -2.11. The second-order valence-corrected chi connectivity index (χ2v) is 4.65. The van der Waals surface area contributed by atoms with Gasteiger partial charge in [-0.15, -0.1) is 0 Å². The summed E-state index contributed by atoms with van der Waals surface area (Å²) in [5, 5.41) is 0.721. The molecule has 2 atom stereocenters. The standard InChI is InChI=1S/C12H12ClNO2/c13-9-3-1-8(2-4-9)10-7-14-11(15)5-6-12(14)16-10/h1-4,10,12H,5-7H2. The predicted molar refractivity (Wildman–Crippen MR) is 60.0 cm³/mol. The topological polar surface area (TPSA) is 29.5 Å². The first kappa shape index (κ1) is 10.1. The van der Waals surface area contributed by atoms with Gasteiger partial charge in [-0.25, -0.2) is 0 Å². The molecule has 0 spiro atoms. The normalized spacial score (nSPS) is 28.6. The highest BCUT2D eigenvalue weighted by atomic mass is 35.5. The molecule has 3 rings (SSSR count). The van der Waals surface area contributed by atoms with Gasteiger partial charge in [-0.1, -0.05) is 23.7 Å². The minimum atomic E-state index is -0.00632. The number of hydrogen-bond donors (Lipinski definition) is 0. The van der Waals surface area contributed by atoms with Gasteiger partial charge in [0.25, 0.3) is 0 Å². The molecule has 84 valence electrons. The third-order valence-electron chi connectivity index (χ3n) is 3.20. The molecule has 2 aliphatic heterocycles. The second-order valence-electron chi connectivity index (χ2n) is 4.22. The van der Waals surface area contributed by atoms with Crippen LogP contribution in [0.1, 0.15) is 24.5 Å². The summed E-state index contributed by atoms with van der Waals surface area (Å²) in [5.74, 6) is 0.210. The van der Waals surface area contributed by atoms with E-state index in [-0.39, 0.29) is 18.2 Å². The van der Waals surface area contributed by atoms with Gasteiger partial charge in [0.1, 0.15) is 12.3 Å². The van der Waals surface area contributed by atoms with Gasteiger partial charge in [0, 0.05) is 17.9 Å². The van der Waals surface area contributed by atoms with Crippen LogP contribution in [0.15, 0.2) is 24.3 Å². The highest BCUT2D eigenvalue weighted by Crippen LogP contribution is 2.35. The fourth-order valence-electron chi connectivity index (χ4n) is 2.34. The SMILES string of the molecule is O=C1CCC2OC(c3ccc(Cl)cc3)CN12. The summed E-state index contributed by atoms with van der Waals surface area (Å²) in [6, 6.07) is 7.62. The van der Waals surface area contributed by atoms with E-state index in [1.54, 1.807) is 0 Å². The highest BCUT2D eigenvalue weighted by Gasteiger charge is 2.40. The Labute approximate surface area is 98.9 Å². The molecule has 1 aromatic carbocycles. The van der Waals surface area contributed by atoms with Crippen molar-refractivity contribution in [1.29, 1.82) is 0 Å². The van der Waals surface area contributed by atoms with Crippen molar-refractivity contribution in [2.24, 2.45) is 0 Å². The fraction of sp³-hybridized carbons (Fsp3) is 0.417. The maximum Gasteiger partial charge on any atom is 0.224 e. The Hall–Kier alpha value is -1.06. The summed E-state index contributed by atoms with van der Waals surface area (Å²) >= 11 is 5.83. The lowest BCUT2D eigenvalue weighted by Crippen LogP contribution is -2.27. The van der Waals surface area contributed by atoms with Crippen LogP contribution in [0.3, 0.4) is 0 Å². The number of carbonyl (C=O) groups excluding carboxylic acids is 1. The smallest absolute Gasteiger partial charge is 0.224 e. The van der Waals surface area contributed by atoms with Crippen LogP contribution >= 0.6 is 11.6 Å². The Balaban J connectivity index is 1.79. The van der Waals surface area contributed by atoms with Crippen LogP contribution in [0.2, 0.25) is 5.02 Å². The van der Waals surface area contributed by atoms with Gasteiger partial charge in [0.2, 0.25) is 5.91 Å². The summed E-state index contributed by atoms with van der Waals surface area (Å²) in [6.45, 7) is 0.672. The number of rotatable bonds is 1. The molecule has 16 heavy (non-hydrogen) atoms. The largest absolute Gasteiger partial charge is 0.349 e. The molecule has 0 radical (unpaired) electrons. The van der Waals surface area contributed by atoms with Crippen LogP contribution in [0.5, 0.6) is 0 Å². The van der Waals surface area contributed by atoms with Crippen LogP contribution in [-0.2, 0) is 9.53 Å². The van der Waals surface area contributed by atoms with Crippen LogP contribution in [-0.4, -0.2) is 23.6 Å². The van der Waals surface area contributed by atoms with Gasteiger partial charge in [-0.2, -0.15) is 0 Å². The Morgan fingerprint density at radius 2 is 2.06 bits per heavy atom. The molecule has 3 nitrogen and oxygen atoms in total. The van der Waals surface area contributed by atoms with Gasteiger partial charge in [-0.05, 0) is 17.7 Å². The molecule has 0 saturated carbocycles. The van der Waals surface area contributed by atoms with E-state index < -0.39 is 0 Å². The summed E-state index contributed by atoms with van der Waals surface area (Å²) in [6.07, 6.45) is 1.45. The Morgan fingerprint density at radius 3 is 2.75 bits per heavy atom. The molecular weight excluding hydrogens is 226 g/mol. The molecule has 2 saturated heterocycles. The number of hydrogen-bond acceptors (Lipinski definition) is 2. The second kappa shape index (κ2) is 3.75. The van der Waals surface area contributed by atoms with Crippen molar-refractivity contribution in [2.45, 2.75) is 25.2 Å². The predicted octanol–water partition coefficient (Wildman–Crippen LogP) is 2.36. The minimum absolute atomic E-state index is 0.00603. The van der Waals surface area contributed by atoms with E-state index in [0.29, 0.717) is 13.0 Å². The zero-order valence-corrected chi connectivity index (χ0v) is 9.48. The van der Waals surface area contributed by atoms with Crippen molar-refractivity contribution in [2.75, 3.05) is 6.54 Å². The summed E-state index contributed by atoms with van der Waals surface area (Å²) in [4.78, 5) is 13.3. The van der Waals surface area contributed by atoms with Crippen LogP contribution in [0.4, 0.5) is 0 Å². The summed E-state index contributed by atoms with van der Waals surface area (Å²) < 4.78 is 5.84. The average Bonchev–Trinajstić information content (AvgIpc) is 2.83. The zero-order valence-electron chi connectivity index (χ0n) is 8.73. The molecule has 0 bridgehead atoms. The van der Waals surface area contributed by atoms with Crippen molar-refractivity contribution in [3.8, 4) is 0 Å². The van der Waals surface area contributed by atoms with E-state index in [0.717, 1.165) is 17.0 Å². The summed E-state index contributed by atoms with van der Waals surface area (Å²) in [5.41, 5.74) is 1.09. The van der Waals surface area contributed by atoms with Gasteiger partial charge in [0.15, 0.2) is 0 Å².